The number of halogens is 4. The first-order valence-corrected chi connectivity index (χ1v) is 6.24. The topological polar surface area (TPSA) is 29.5 Å². The molecule has 0 unspecified atom stereocenters. The number of rotatable bonds is 7. The summed E-state index contributed by atoms with van der Waals surface area (Å²) in [5, 5.41) is 1.71. The molecule has 108 valence electrons. The summed E-state index contributed by atoms with van der Waals surface area (Å²) >= 11 is 1.25. The van der Waals surface area contributed by atoms with Gasteiger partial charge in [-0.25, -0.2) is 8.78 Å². The van der Waals surface area contributed by atoms with E-state index in [4.69, 9.17) is 4.74 Å². The van der Waals surface area contributed by atoms with E-state index >= 15 is 0 Å². The lowest BCUT2D eigenvalue weighted by Crippen LogP contribution is -2.48. The summed E-state index contributed by atoms with van der Waals surface area (Å²) < 4.78 is 55.2. The van der Waals surface area contributed by atoms with E-state index in [1.165, 1.54) is 18.4 Å². The Bertz CT molecular complexity index is 397. The number of alkyl halides is 4. The van der Waals surface area contributed by atoms with Gasteiger partial charge in [-0.1, -0.05) is 6.07 Å². The average molecular weight is 299 g/mol. The van der Waals surface area contributed by atoms with E-state index in [0.29, 0.717) is 9.78 Å². The summed E-state index contributed by atoms with van der Waals surface area (Å²) in [5.41, 5.74) is 0. The molecule has 0 bridgehead atoms. The van der Waals surface area contributed by atoms with E-state index in [1.807, 2.05) is 0 Å². The number of hydrogen-bond donors (Lipinski definition) is 0. The van der Waals surface area contributed by atoms with E-state index in [-0.39, 0.29) is 19.7 Å². The quantitative estimate of drug-likeness (QED) is 0.724. The molecule has 1 amide bonds. The normalized spacial score (nSPS) is 11.9. The van der Waals surface area contributed by atoms with Gasteiger partial charge in [0, 0.05) is 18.5 Å². The zero-order chi connectivity index (χ0) is 14.5. The number of nitrogens with zero attached hydrogens (tertiary/aromatic N) is 1. The maximum absolute atomic E-state index is 13.1. The molecule has 0 saturated carbocycles. The van der Waals surface area contributed by atoms with Crippen molar-refractivity contribution in [3.05, 3.63) is 22.4 Å². The summed E-state index contributed by atoms with van der Waals surface area (Å²) in [6, 6.07) is 3.32. The highest BCUT2D eigenvalue weighted by Gasteiger charge is 2.51. The van der Waals surface area contributed by atoms with Crippen LogP contribution in [-0.2, 0) is 16.1 Å². The number of carbonyl (C=O) groups is 1. The zero-order valence-electron chi connectivity index (χ0n) is 10.1. The summed E-state index contributed by atoms with van der Waals surface area (Å²) in [6.45, 7) is -0.311. The molecular formula is C11H13F4NO2S. The van der Waals surface area contributed by atoms with Crippen molar-refractivity contribution in [2.75, 3.05) is 20.3 Å². The number of carbonyl (C=O) groups excluding carboxylic acids is 1. The van der Waals surface area contributed by atoms with E-state index in [0.717, 1.165) is 0 Å². The van der Waals surface area contributed by atoms with Crippen LogP contribution in [-0.4, -0.2) is 43.4 Å². The van der Waals surface area contributed by atoms with Crippen LogP contribution in [0.1, 0.15) is 4.88 Å². The number of methoxy groups -OCH3 is 1. The lowest BCUT2D eigenvalue weighted by Gasteiger charge is -2.26. The molecule has 0 saturated heterocycles. The van der Waals surface area contributed by atoms with Crippen LogP contribution in [0.15, 0.2) is 17.5 Å². The molecule has 0 N–H and O–H groups in total. The Morgan fingerprint density at radius 2 is 2.21 bits per heavy atom. The van der Waals surface area contributed by atoms with Crippen LogP contribution in [0.25, 0.3) is 0 Å². The van der Waals surface area contributed by atoms with Crippen molar-refractivity contribution < 1.29 is 27.1 Å². The molecule has 0 fully saturated rings. The van der Waals surface area contributed by atoms with Gasteiger partial charge in [-0.05, 0) is 11.4 Å². The first-order valence-electron chi connectivity index (χ1n) is 5.36. The Labute approximate surface area is 111 Å². The van der Waals surface area contributed by atoms with Gasteiger partial charge in [-0.2, -0.15) is 8.78 Å². The van der Waals surface area contributed by atoms with Gasteiger partial charge in [-0.3, -0.25) is 4.79 Å². The smallest absolute Gasteiger partial charge is 0.383 e. The minimum atomic E-state index is -4.68. The fourth-order valence-electron chi connectivity index (χ4n) is 1.35. The molecule has 0 aromatic carbocycles. The van der Waals surface area contributed by atoms with Gasteiger partial charge < -0.3 is 9.64 Å². The second kappa shape index (κ2) is 6.85. The van der Waals surface area contributed by atoms with E-state index < -0.39 is 18.3 Å². The molecule has 8 heteroatoms. The van der Waals surface area contributed by atoms with Gasteiger partial charge in [0.15, 0.2) is 0 Å². The SMILES string of the molecule is COCCN(Cc1cccs1)C(=O)C(F)(F)C(F)F. The van der Waals surface area contributed by atoms with Gasteiger partial charge in [0.25, 0.3) is 5.91 Å². The zero-order valence-corrected chi connectivity index (χ0v) is 10.9. The summed E-state index contributed by atoms with van der Waals surface area (Å²) in [4.78, 5) is 12.8. The van der Waals surface area contributed by atoms with Crippen LogP contribution in [0.5, 0.6) is 0 Å². The van der Waals surface area contributed by atoms with Gasteiger partial charge in [0.2, 0.25) is 0 Å². The molecule has 1 aromatic rings. The van der Waals surface area contributed by atoms with Crippen LogP contribution in [0.3, 0.4) is 0 Å². The fraction of sp³-hybridized carbons (Fsp3) is 0.545. The van der Waals surface area contributed by atoms with Gasteiger partial charge >= 0.3 is 12.3 Å². The van der Waals surface area contributed by atoms with Gasteiger partial charge in [0.05, 0.1) is 13.2 Å². The predicted molar refractivity (Wildman–Crippen MR) is 62.6 cm³/mol. The summed E-state index contributed by atoms with van der Waals surface area (Å²) in [6.07, 6.45) is -4.02. The van der Waals surface area contributed by atoms with E-state index in [2.05, 4.69) is 0 Å². The third-order valence-corrected chi connectivity index (χ3v) is 3.20. The van der Waals surface area contributed by atoms with Gasteiger partial charge in [0.1, 0.15) is 0 Å². The molecule has 0 radical (unpaired) electrons. The van der Waals surface area contributed by atoms with E-state index in [1.54, 1.807) is 17.5 Å². The predicted octanol–water partition coefficient (Wildman–Crippen LogP) is 2.62. The third kappa shape index (κ3) is 4.17. The second-order valence-corrected chi connectivity index (χ2v) is 4.75. The Morgan fingerprint density at radius 3 is 2.68 bits per heavy atom. The lowest BCUT2D eigenvalue weighted by atomic mass is 10.2. The van der Waals surface area contributed by atoms with Crippen molar-refractivity contribution in [1.82, 2.24) is 4.90 Å². The number of thiophene rings is 1. The summed E-state index contributed by atoms with van der Waals surface area (Å²) in [7, 11) is 1.33. The standard InChI is InChI=1S/C11H13F4NO2S/c1-18-5-4-16(7-8-3-2-6-19-8)10(17)11(14,15)9(12)13/h2-3,6,9H,4-5,7H2,1H3. The molecule has 0 aliphatic heterocycles. The first-order chi connectivity index (χ1) is 8.89. The van der Waals surface area contributed by atoms with Crippen molar-refractivity contribution in [1.29, 1.82) is 0 Å². The Morgan fingerprint density at radius 1 is 1.53 bits per heavy atom. The molecule has 0 atom stereocenters. The van der Waals surface area contributed by atoms with Crippen molar-refractivity contribution in [2.45, 2.75) is 18.9 Å². The second-order valence-electron chi connectivity index (χ2n) is 3.72. The molecule has 19 heavy (non-hydrogen) atoms. The molecule has 0 spiro atoms. The molecule has 3 nitrogen and oxygen atoms in total. The van der Waals surface area contributed by atoms with Crippen molar-refractivity contribution in [3.8, 4) is 0 Å². The van der Waals surface area contributed by atoms with Crippen LogP contribution in [0, 0.1) is 0 Å². The van der Waals surface area contributed by atoms with Crippen molar-refractivity contribution >= 4 is 17.2 Å². The molecular weight excluding hydrogens is 286 g/mol. The minimum Gasteiger partial charge on any atom is -0.383 e. The number of amides is 1. The van der Waals surface area contributed by atoms with Crippen molar-refractivity contribution in [2.24, 2.45) is 0 Å². The fourth-order valence-corrected chi connectivity index (χ4v) is 2.07. The molecule has 0 aliphatic carbocycles. The largest absolute Gasteiger partial charge is 0.383 e. The number of ether oxygens (including phenoxy) is 1. The summed E-state index contributed by atoms with van der Waals surface area (Å²) in [5.74, 6) is -6.56. The van der Waals surface area contributed by atoms with Crippen LogP contribution in [0.4, 0.5) is 17.6 Å². The number of hydrogen-bond acceptors (Lipinski definition) is 3. The van der Waals surface area contributed by atoms with Gasteiger partial charge in [-0.15, -0.1) is 11.3 Å². The molecule has 1 rings (SSSR count). The van der Waals surface area contributed by atoms with Crippen LogP contribution >= 0.6 is 11.3 Å². The highest BCUT2D eigenvalue weighted by molar-refractivity contribution is 7.09. The van der Waals surface area contributed by atoms with Crippen LogP contribution < -0.4 is 0 Å². The van der Waals surface area contributed by atoms with Crippen LogP contribution in [0.2, 0.25) is 0 Å². The Kier molecular flexibility index (Phi) is 5.74. The average Bonchev–Trinajstić information content (AvgIpc) is 2.86. The first kappa shape index (κ1) is 15.9. The van der Waals surface area contributed by atoms with Crippen molar-refractivity contribution in [3.63, 3.8) is 0 Å². The highest BCUT2D eigenvalue weighted by atomic mass is 32.1. The Balaban J connectivity index is 2.81. The van der Waals surface area contributed by atoms with E-state index in [9.17, 15) is 22.4 Å². The molecule has 1 heterocycles. The minimum absolute atomic E-state index is 0.00354. The molecule has 0 aliphatic rings. The lowest BCUT2D eigenvalue weighted by molar-refractivity contribution is -0.181. The molecule has 1 aromatic heterocycles. The monoisotopic (exact) mass is 299 g/mol. The maximum Gasteiger partial charge on any atom is 0.383 e. The Hall–Kier alpha value is -1.15. The maximum atomic E-state index is 13.1. The third-order valence-electron chi connectivity index (χ3n) is 2.34. The highest BCUT2D eigenvalue weighted by Crippen LogP contribution is 2.26.